The van der Waals surface area contributed by atoms with Crippen LogP contribution >= 0.6 is 11.6 Å². The van der Waals surface area contributed by atoms with Crippen LogP contribution in [0.2, 0.25) is 5.28 Å². The van der Waals surface area contributed by atoms with E-state index in [-0.39, 0.29) is 16.9 Å². The summed E-state index contributed by atoms with van der Waals surface area (Å²) in [6.45, 7) is 2.42. The maximum Gasteiger partial charge on any atom is 0.349 e. The van der Waals surface area contributed by atoms with E-state index in [0.717, 1.165) is 6.20 Å². The molecule has 1 heterocycles. The summed E-state index contributed by atoms with van der Waals surface area (Å²) in [5, 5.41) is 10.7. The summed E-state index contributed by atoms with van der Waals surface area (Å²) in [4.78, 5) is 17.5. The van der Waals surface area contributed by atoms with Crippen LogP contribution in [0.5, 0.6) is 17.4 Å². The van der Waals surface area contributed by atoms with Crippen molar-refractivity contribution >= 4 is 17.3 Å². The normalized spacial score (nSPS) is 10.1. The first kappa shape index (κ1) is 14.0. The molecule has 0 aliphatic carbocycles. The lowest BCUT2D eigenvalue weighted by atomic mass is 10.3. The predicted octanol–water partition coefficient (Wildman–Crippen LogP) is 3.23. The van der Waals surface area contributed by atoms with Crippen molar-refractivity contribution in [2.45, 2.75) is 6.92 Å². The van der Waals surface area contributed by atoms with Gasteiger partial charge in [-0.3, -0.25) is 10.1 Å². The van der Waals surface area contributed by atoms with E-state index in [0.29, 0.717) is 18.1 Å². The maximum atomic E-state index is 10.8. The molecule has 0 amide bonds. The van der Waals surface area contributed by atoms with Gasteiger partial charge in [-0.2, -0.15) is 4.98 Å². The van der Waals surface area contributed by atoms with E-state index in [1.54, 1.807) is 24.3 Å². The molecular weight excluding hydrogens is 286 g/mol. The van der Waals surface area contributed by atoms with E-state index >= 15 is 0 Å². The second-order valence-corrected chi connectivity index (χ2v) is 3.93. The summed E-state index contributed by atoms with van der Waals surface area (Å²) < 4.78 is 10.6. The van der Waals surface area contributed by atoms with E-state index in [4.69, 9.17) is 21.1 Å². The molecule has 7 nitrogen and oxygen atoms in total. The van der Waals surface area contributed by atoms with E-state index in [2.05, 4.69) is 9.97 Å². The minimum absolute atomic E-state index is 0.128. The van der Waals surface area contributed by atoms with Gasteiger partial charge in [-0.1, -0.05) is 0 Å². The fourth-order valence-electron chi connectivity index (χ4n) is 1.42. The van der Waals surface area contributed by atoms with Crippen LogP contribution in [0, 0.1) is 10.1 Å². The van der Waals surface area contributed by atoms with Crippen LogP contribution in [0.15, 0.2) is 30.5 Å². The summed E-state index contributed by atoms with van der Waals surface area (Å²) in [5.41, 5.74) is -0.358. The number of ether oxygens (including phenoxy) is 2. The van der Waals surface area contributed by atoms with Crippen LogP contribution < -0.4 is 9.47 Å². The van der Waals surface area contributed by atoms with Crippen molar-refractivity contribution in [3.63, 3.8) is 0 Å². The van der Waals surface area contributed by atoms with Crippen LogP contribution in [0.4, 0.5) is 5.69 Å². The third kappa shape index (κ3) is 3.33. The molecular formula is C12H10ClN3O4. The molecule has 0 unspecified atom stereocenters. The Bertz CT molecular complexity index is 619. The van der Waals surface area contributed by atoms with Gasteiger partial charge in [0.1, 0.15) is 17.7 Å². The average Bonchev–Trinajstić information content (AvgIpc) is 2.41. The van der Waals surface area contributed by atoms with Crippen LogP contribution in [0.3, 0.4) is 0 Å². The number of hydrogen-bond donors (Lipinski definition) is 0. The number of hydrogen-bond acceptors (Lipinski definition) is 6. The maximum absolute atomic E-state index is 10.8. The number of nitrogens with zero attached hydrogens (tertiary/aromatic N) is 3. The molecule has 2 rings (SSSR count). The van der Waals surface area contributed by atoms with Gasteiger partial charge in [-0.25, -0.2) is 4.98 Å². The van der Waals surface area contributed by atoms with Crippen molar-refractivity contribution in [3.05, 3.63) is 45.9 Å². The Kier molecular flexibility index (Phi) is 4.31. The lowest BCUT2D eigenvalue weighted by Gasteiger charge is -2.06. The Labute approximate surface area is 119 Å². The number of benzene rings is 1. The van der Waals surface area contributed by atoms with Gasteiger partial charge >= 0.3 is 11.6 Å². The van der Waals surface area contributed by atoms with Gasteiger partial charge in [0.2, 0.25) is 5.28 Å². The zero-order valence-corrected chi connectivity index (χ0v) is 11.2. The fourth-order valence-corrected chi connectivity index (χ4v) is 1.55. The largest absolute Gasteiger partial charge is 0.494 e. The molecule has 0 saturated carbocycles. The molecule has 0 aliphatic heterocycles. The van der Waals surface area contributed by atoms with Gasteiger partial charge < -0.3 is 9.47 Å². The Balaban J connectivity index is 2.25. The summed E-state index contributed by atoms with van der Waals surface area (Å²) in [6, 6.07) is 6.61. The van der Waals surface area contributed by atoms with Crippen molar-refractivity contribution in [2.24, 2.45) is 0 Å². The Morgan fingerprint density at radius 1 is 1.30 bits per heavy atom. The van der Waals surface area contributed by atoms with Crippen LogP contribution in [-0.2, 0) is 0 Å². The van der Waals surface area contributed by atoms with E-state index < -0.39 is 4.92 Å². The fraction of sp³-hybridized carbons (Fsp3) is 0.167. The SMILES string of the molecule is CCOc1ccc(Oc2nc(Cl)ncc2[N+](=O)[O-])cc1. The molecule has 0 atom stereocenters. The van der Waals surface area contributed by atoms with Gasteiger partial charge in [-0.15, -0.1) is 0 Å². The summed E-state index contributed by atoms with van der Waals surface area (Å²) in [6.07, 6.45) is 0.999. The molecule has 1 aromatic heterocycles. The van der Waals surface area contributed by atoms with Gasteiger partial charge in [0.25, 0.3) is 0 Å². The molecule has 0 radical (unpaired) electrons. The molecule has 104 valence electrons. The van der Waals surface area contributed by atoms with E-state index in [9.17, 15) is 10.1 Å². The van der Waals surface area contributed by atoms with E-state index in [1.165, 1.54) is 0 Å². The molecule has 0 aliphatic rings. The van der Waals surface area contributed by atoms with Crippen molar-refractivity contribution in [2.75, 3.05) is 6.61 Å². The van der Waals surface area contributed by atoms with Crippen LogP contribution in [0.25, 0.3) is 0 Å². The van der Waals surface area contributed by atoms with Crippen LogP contribution in [0.1, 0.15) is 6.92 Å². The monoisotopic (exact) mass is 295 g/mol. The smallest absolute Gasteiger partial charge is 0.349 e. The second-order valence-electron chi connectivity index (χ2n) is 3.59. The Morgan fingerprint density at radius 3 is 2.55 bits per heavy atom. The summed E-state index contributed by atoms with van der Waals surface area (Å²) in [5.74, 6) is 0.848. The van der Waals surface area contributed by atoms with Crippen molar-refractivity contribution in [1.29, 1.82) is 0 Å². The van der Waals surface area contributed by atoms with Crippen LogP contribution in [-0.4, -0.2) is 21.5 Å². The predicted molar refractivity (Wildman–Crippen MR) is 71.4 cm³/mol. The van der Waals surface area contributed by atoms with Gasteiger partial charge in [0, 0.05) is 0 Å². The zero-order chi connectivity index (χ0) is 14.5. The summed E-state index contributed by atoms with van der Waals surface area (Å²) in [7, 11) is 0. The number of aromatic nitrogens is 2. The third-order valence-corrected chi connectivity index (χ3v) is 2.43. The molecule has 0 bridgehead atoms. The number of rotatable bonds is 5. The molecule has 0 spiro atoms. The van der Waals surface area contributed by atoms with Crippen molar-refractivity contribution in [1.82, 2.24) is 9.97 Å². The topological polar surface area (TPSA) is 87.4 Å². The average molecular weight is 296 g/mol. The molecule has 8 heteroatoms. The highest BCUT2D eigenvalue weighted by atomic mass is 35.5. The van der Waals surface area contributed by atoms with Gasteiger partial charge in [-0.05, 0) is 42.8 Å². The quantitative estimate of drug-likeness (QED) is 0.478. The van der Waals surface area contributed by atoms with Gasteiger partial charge in [0.05, 0.1) is 11.5 Å². The number of halogens is 1. The first-order valence-electron chi connectivity index (χ1n) is 5.67. The minimum atomic E-state index is -0.639. The zero-order valence-electron chi connectivity index (χ0n) is 10.4. The van der Waals surface area contributed by atoms with Gasteiger partial charge in [0.15, 0.2) is 0 Å². The molecule has 0 fully saturated rings. The molecule has 20 heavy (non-hydrogen) atoms. The Morgan fingerprint density at radius 2 is 1.95 bits per heavy atom. The highest BCUT2D eigenvalue weighted by molar-refractivity contribution is 6.28. The third-order valence-electron chi connectivity index (χ3n) is 2.25. The lowest BCUT2D eigenvalue weighted by Crippen LogP contribution is -1.98. The standard InChI is InChI=1S/C12H10ClN3O4/c1-2-19-8-3-5-9(6-4-8)20-11-10(16(17)18)7-14-12(13)15-11/h3-7H,2H2,1H3. The highest BCUT2D eigenvalue weighted by Gasteiger charge is 2.19. The molecule has 1 aromatic carbocycles. The molecule has 2 aromatic rings. The minimum Gasteiger partial charge on any atom is -0.494 e. The number of nitro groups is 1. The summed E-state index contributed by atoms with van der Waals surface area (Å²) >= 11 is 5.61. The molecule has 0 saturated heterocycles. The van der Waals surface area contributed by atoms with E-state index in [1.807, 2.05) is 6.92 Å². The molecule has 0 N–H and O–H groups in total. The van der Waals surface area contributed by atoms with Crippen molar-refractivity contribution in [3.8, 4) is 17.4 Å². The second kappa shape index (κ2) is 6.16. The first-order chi connectivity index (χ1) is 9.60. The van der Waals surface area contributed by atoms with Crippen molar-refractivity contribution < 1.29 is 14.4 Å². The Hall–Kier alpha value is -2.41. The highest BCUT2D eigenvalue weighted by Crippen LogP contribution is 2.30. The first-order valence-corrected chi connectivity index (χ1v) is 6.05. The lowest BCUT2D eigenvalue weighted by molar-refractivity contribution is -0.386.